The normalized spacial score (nSPS) is 16.8. The predicted molar refractivity (Wildman–Crippen MR) is 92.2 cm³/mol. The van der Waals surface area contributed by atoms with Crippen molar-refractivity contribution in [3.63, 3.8) is 0 Å². The standard InChI is InChI=1S/C18H19N3O2/c1-5-20-18-17(12(2)19)14(11-21-18)7-6-13-8-15(22-3)10-16(9-13)23-4/h5,8-11H,1,19H2,2-4H3,(H,20,21)/b17-12+. The highest BCUT2D eigenvalue weighted by Crippen LogP contribution is 2.23. The Kier molecular flexibility index (Phi) is 5.11. The number of benzene rings is 1. The van der Waals surface area contributed by atoms with Crippen LogP contribution in [0.25, 0.3) is 0 Å². The lowest BCUT2D eigenvalue weighted by Crippen LogP contribution is -2.15. The molecule has 1 heterocycles. The van der Waals surface area contributed by atoms with Gasteiger partial charge in [-0.2, -0.15) is 0 Å². The molecule has 0 amide bonds. The molecule has 1 aliphatic rings. The van der Waals surface area contributed by atoms with E-state index >= 15 is 0 Å². The minimum Gasteiger partial charge on any atom is -0.497 e. The number of nitrogens with two attached hydrogens (primary N) is 1. The third-order valence-electron chi connectivity index (χ3n) is 3.17. The Labute approximate surface area is 136 Å². The molecule has 0 radical (unpaired) electrons. The zero-order valence-corrected chi connectivity index (χ0v) is 13.4. The molecule has 5 heteroatoms. The van der Waals surface area contributed by atoms with Crippen LogP contribution in [0.2, 0.25) is 0 Å². The Balaban J connectivity index is 2.37. The molecule has 0 fully saturated rings. The van der Waals surface area contributed by atoms with Gasteiger partial charge in [0.1, 0.15) is 17.3 Å². The molecular weight excluding hydrogens is 290 g/mol. The van der Waals surface area contributed by atoms with E-state index < -0.39 is 0 Å². The third-order valence-corrected chi connectivity index (χ3v) is 3.17. The van der Waals surface area contributed by atoms with Crippen molar-refractivity contribution < 1.29 is 9.47 Å². The van der Waals surface area contributed by atoms with Crippen LogP contribution in [0.3, 0.4) is 0 Å². The Morgan fingerprint density at radius 2 is 1.87 bits per heavy atom. The van der Waals surface area contributed by atoms with Gasteiger partial charge in [0.2, 0.25) is 0 Å². The zero-order valence-electron chi connectivity index (χ0n) is 13.4. The first-order valence-electron chi connectivity index (χ1n) is 6.96. The van der Waals surface area contributed by atoms with Crippen molar-refractivity contribution >= 4 is 5.84 Å². The van der Waals surface area contributed by atoms with Crippen molar-refractivity contribution in [2.45, 2.75) is 6.92 Å². The largest absolute Gasteiger partial charge is 0.497 e. The zero-order chi connectivity index (χ0) is 16.8. The van der Waals surface area contributed by atoms with Crippen LogP contribution in [-0.4, -0.2) is 20.1 Å². The van der Waals surface area contributed by atoms with Gasteiger partial charge >= 0.3 is 0 Å². The van der Waals surface area contributed by atoms with Gasteiger partial charge in [-0.15, -0.1) is 0 Å². The van der Waals surface area contributed by atoms with Crippen molar-refractivity contribution in [3.8, 4) is 23.3 Å². The van der Waals surface area contributed by atoms with Gasteiger partial charge in [-0.1, -0.05) is 18.4 Å². The number of hydrogen-bond donors (Lipinski definition) is 2. The minimum atomic E-state index is 0.638. The summed E-state index contributed by atoms with van der Waals surface area (Å²) in [5, 5.41) is 3.05. The van der Waals surface area contributed by atoms with Crippen LogP contribution < -0.4 is 20.5 Å². The SMILES string of the molecule is C=C/N=C1/NC=C(C#Cc2cc(OC)cc(OC)c2)/C1=C(/C)N. The molecule has 1 aromatic rings. The summed E-state index contributed by atoms with van der Waals surface area (Å²) in [6.07, 6.45) is 3.24. The summed E-state index contributed by atoms with van der Waals surface area (Å²) in [6, 6.07) is 5.48. The average molecular weight is 309 g/mol. The summed E-state index contributed by atoms with van der Waals surface area (Å²) in [5.74, 6) is 8.22. The fourth-order valence-corrected chi connectivity index (χ4v) is 2.12. The summed E-state index contributed by atoms with van der Waals surface area (Å²) in [5.41, 5.74) is 8.92. The van der Waals surface area contributed by atoms with Crippen molar-refractivity contribution in [1.29, 1.82) is 0 Å². The van der Waals surface area contributed by atoms with E-state index in [0.717, 1.165) is 16.7 Å². The molecule has 1 aliphatic heterocycles. The van der Waals surface area contributed by atoms with Gasteiger partial charge in [-0.05, 0) is 19.1 Å². The molecule has 0 atom stereocenters. The highest BCUT2D eigenvalue weighted by Gasteiger charge is 2.18. The smallest absolute Gasteiger partial charge is 0.140 e. The molecule has 0 unspecified atom stereocenters. The molecule has 0 aromatic heterocycles. The highest BCUT2D eigenvalue weighted by atomic mass is 16.5. The molecule has 2 rings (SSSR count). The number of hydrogen-bond acceptors (Lipinski definition) is 4. The second kappa shape index (κ2) is 7.23. The van der Waals surface area contributed by atoms with E-state index in [-0.39, 0.29) is 0 Å². The van der Waals surface area contributed by atoms with Gasteiger partial charge in [0.25, 0.3) is 0 Å². The maximum atomic E-state index is 5.94. The molecule has 23 heavy (non-hydrogen) atoms. The Bertz CT molecular complexity index is 751. The van der Waals surface area contributed by atoms with Gasteiger partial charge in [0.05, 0.1) is 25.4 Å². The topological polar surface area (TPSA) is 68.9 Å². The van der Waals surface area contributed by atoms with E-state index in [1.165, 1.54) is 6.20 Å². The summed E-state index contributed by atoms with van der Waals surface area (Å²) < 4.78 is 10.5. The third kappa shape index (κ3) is 3.74. The number of allylic oxidation sites excluding steroid dienone is 1. The van der Waals surface area contributed by atoms with Crippen molar-refractivity contribution in [1.82, 2.24) is 5.32 Å². The predicted octanol–water partition coefficient (Wildman–Crippen LogP) is 2.32. The molecular formula is C18H19N3O2. The molecule has 5 nitrogen and oxygen atoms in total. The maximum Gasteiger partial charge on any atom is 0.140 e. The lowest BCUT2D eigenvalue weighted by molar-refractivity contribution is 0.394. The van der Waals surface area contributed by atoms with Gasteiger partial charge in [-0.3, -0.25) is 0 Å². The summed E-state index contributed by atoms with van der Waals surface area (Å²) in [6.45, 7) is 5.41. The van der Waals surface area contributed by atoms with Crippen molar-refractivity contribution in [2.75, 3.05) is 14.2 Å². The van der Waals surface area contributed by atoms with E-state index in [1.807, 2.05) is 19.1 Å². The molecule has 3 N–H and O–H groups in total. The first-order chi connectivity index (χ1) is 11.1. The van der Waals surface area contributed by atoms with Crippen molar-refractivity contribution in [2.24, 2.45) is 10.7 Å². The lowest BCUT2D eigenvalue weighted by Gasteiger charge is -2.05. The van der Waals surface area contributed by atoms with E-state index in [1.54, 1.807) is 26.5 Å². The number of methoxy groups -OCH3 is 2. The Morgan fingerprint density at radius 1 is 1.22 bits per heavy atom. The summed E-state index contributed by atoms with van der Waals surface area (Å²) in [4.78, 5) is 4.16. The van der Waals surface area contributed by atoms with Gasteiger partial charge in [0, 0.05) is 29.7 Å². The van der Waals surface area contributed by atoms with Crippen molar-refractivity contribution in [3.05, 3.63) is 59.6 Å². The summed E-state index contributed by atoms with van der Waals surface area (Å²) >= 11 is 0. The number of ether oxygens (including phenoxy) is 2. The lowest BCUT2D eigenvalue weighted by atomic mass is 10.1. The van der Waals surface area contributed by atoms with Crippen LogP contribution >= 0.6 is 0 Å². The number of rotatable bonds is 3. The van der Waals surface area contributed by atoms with Crippen LogP contribution in [-0.2, 0) is 0 Å². The first kappa shape index (κ1) is 16.2. The van der Waals surface area contributed by atoms with E-state index in [2.05, 4.69) is 28.7 Å². The fourth-order valence-electron chi connectivity index (χ4n) is 2.12. The minimum absolute atomic E-state index is 0.638. The quantitative estimate of drug-likeness (QED) is 0.841. The molecule has 0 spiro atoms. The molecule has 1 aromatic carbocycles. The molecule has 0 saturated heterocycles. The average Bonchev–Trinajstić information content (AvgIpc) is 2.95. The second-order valence-electron chi connectivity index (χ2n) is 4.77. The van der Waals surface area contributed by atoms with E-state index in [0.29, 0.717) is 23.0 Å². The van der Waals surface area contributed by atoms with E-state index in [4.69, 9.17) is 15.2 Å². The summed E-state index contributed by atoms with van der Waals surface area (Å²) in [7, 11) is 3.21. The van der Waals surface area contributed by atoms with Crippen LogP contribution in [0, 0.1) is 11.8 Å². The number of amidine groups is 1. The number of nitrogens with one attached hydrogen (secondary N) is 1. The van der Waals surface area contributed by atoms with Crippen LogP contribution in [0.5, 0.6) is 11.5 Å². The fraction of sp³-hybridized carbons (Fsp3) is 0.167. The second-order valence-corrected chi connectivity index (χ2v) is 4.77. The van der Waals surface area contributed by atoms with Gasteiger partial charge in [0.15, 0.2) is 0 Å². The molecule has 0 aliphatic carbocycles. The van der Waals surface area contributed by atoms with Crippen LogP contribution in [0.4, 0.5) is 0 Å². The van der Waals surface area contributed by atoms with Gasteiger partial charge in [-0.25, -0.2) is 4.99 Å². The number of nitrogens with zero attached hydrogens (tertiary/aromatic N) is 1. The maximum absolute atomic E-state index is 5.94. The van der Waals surface area contributed by atoms with Crippen LogP contribution in [0.15, 0.2) is 59.0 Å². The Hall–Kier alpha value is -3.13. The van der Waals surface area contributed by atoms with Gasteiger partial charge < -0.3 is 20.5 Å². The molecule has 0 saturated carbocycles. The highest BCUT2D eigenvalue weighted by molar-refractivity contribution is 6.07. The monoisotopic (exact) mass is 309 g/mol. The van der Waals surface area contributed by atoms with E-state index in [9.17, 15) is 0 Å². The van der Waals surface area contributed by atoms with Crippen LogP contribution in [0.1, 0.15) is 12.5 Å². The Morgan fingerprint density at radius 3 is 2.39 bits per heavy atom. The first-order valence-corrected chi connectivity index (χ1v) is 6.96. The molecule has 118 valence electrons. The number of aliphatic imine (C=N–C) groups is 1. The molecule has 0 bridgehead atoms.